The molecule has 6 nitrogen and oxygen atoms in total. The number of amides is 1. The molecule has 1 fully saturated rings. The first-order valence-electron chi connectivity index (χ1n) is 9.69. The van der Waals surface area contributed by atoms with Gasteiger partial charge >= 0.3 is 0 Å². The van der Waals surface area contributed by atoms with Crippen LogP contribution in [-0.4, -0.2) is 55.8 Å². The molecule has 30 heavy (non-hydrogen) atoms. The number of carbonyl (C=O) groups is 1. The van der Waals surface area contributed by atoms with Crippen LogP contribution >= 0.6 is 12.4 Å². The van der Waals surface area contributed by atoms with E-state index >= 15 is 0 Å². The number of nitrogens with zero attached hydrogens (tertiary/aromatic N) is 3. The van der Waals surface area contributed by atoms with Gasteiger partial charge in [-0.05, 0) is 24.3 Å². The number of methoxy groups -OCH3 is 2. The van der Waals surface area contributed by atoms with Gasteiger partial charge in [-0.3, -0.25) is 4.79 Å². The van der Waals surface area contributed by atoms with Crippen LogP contribution in [0.25, 0.3) is 5.69 Å². The number of hydrogen-bond donors (Lipinski definition) is 0. The molecule has 2 aromatic carbocycles. The molecule has 4 rings (SSSR count). The summed E-state index contributed by atoms with van der Waals surface area (Å²) in [6.07, 6.45) is 1.93. The molecule has 1 aliphatic rings. The number of piperazine rings is 1. The van der Waals surface area contributed by atoms with E-state index in [1.165, 1.54) is 0 Å². The van der Waals surface area contributed by atoms with E-state index in [9.17, 15) is 4.79 Å². The van der Waals surface area contributed by atoms with Crippen LogP contribution in [-0.2, 0) is 0 Å². The summed E-state index contributed by atoms with van der Waals surface area (Å²) in [5.74, 6) is 1.58. The maximum atomic E-state index is 13.1. The summed E-state index contributed by atoms with van der Waals surface area (Å²) in [5, 5.41) is 0. The van der Waals surface area contributed by atoms with Gasteiger partial charge in [0.05, 0.1) is 14.2 Å². The molecule has 1 aromatic heterocycles. The molecular formula is C23H26ClN3O3. The molecule has 1 saturated heterocycles. The highest BCUT2D eigenvalue weighted by Crippen LogP contribution is 2.29. The lowest BCUT2D eigenvalue weighted by atomic mass is 10.2. The molecule has 158 valence electrons. The number of aromatic nitrogens is 1. The summed E-state index contributed by atoms with van der Waals surface area (Å²) >= 11 is 0. The van der Waals surface area contributed by atoms with Crippen LogP contribution in [0.4, 0.5) is 5.69 Å². The van der Waals surface area contributed by atoms with Crippen molar-refractivity contribution in [3.8, 4) is 17.2 Å². The van der Waals surface area contributed by atoms with Gasteiger partial charge in [-0.2, -0.15) is 0 Å². The van der Waals surface area contributed by atoms with Crippen LogP contribution in [0.3, 0.4) is 0 Å². The largest absolute Gasteiger partial charge is 0.497 e. The van der Waals surface area contributed by atoms with Crippen molar-refractivity contribution in [3.63, 3.8) is 0 Å². The molecule has 0 unspecified atom stereocenters. The Kier molecular flexibility index (Phi) is 6.90. The van der Waals surface area contributed by atoms with Crippen LogP contribution < -0.4 is 14.4 Å². The van der Waals surface area contributed by atoms with Crippen LogP contribution in [0.1, 0.15) is 10.5 Å². The average molecular weight is 428 g/mol. The van der Waals surface area contributed by atoms with Gasteiger partial charge in [0.15, 0.2) is 0 Å². The zero-order chi connectivity index (χ0) is 20.2. The van der Waals surface area contributed by atoms with Gasteiger partial charge in [-0.1, -0.05) is 18.2 Å². The summed E-state index contributed by atoms with van der Waals surface area (Å²) in [7, 11) is 3.30. The van der Waals surface area contributed by atoms with Crippen molar-refractivity contribution in [2.75, 3.05) is 45.3 Å². The first kappa shape index (κ1) is 21.6. The number of para-hydroxylation sites is 1. The SMILES string of the molecule is COc1cc(OC)cc(N2CCN(C(=O)c3cccn3-c3ccccc3)CC2)c1.Cl. The highest BCUT2D eigenvalue weighted by molar-refractivity contribution is 5.93. The number of ether oxygens (including phenoxy) is 2. The maximum absolute atomic E-state index is 13.1. The summed E-state index contributed by atoms with van der Waals surface area (Å²) < 4.78 is 12.7. The normalized spacial score (nSPS) is 13.5. The van der Waals surface area contributed by atoms with E-state index in [4.69, 9.17) is 9.47 Å². The van der Waals surface area contributed by atoms with Crippen molar-refractivity contribution in [1.82, 2.24) is 9.47 Å². The molecule has 1 aliphatic heterocycles. The predicted octanol–water partition coefficient (Wildman–Crippen LogP) is 3.88. The molecule has 0 radical (unpaired) electrons. The third-order valence-corrected chi connectivity index (χ3v) is 5.27. The summed E-state index contributed by atoms with van der Waals surface area (Å²) in [6.45, 7) is 2.85. The van der Waals surface area contributed by atoms with Gasteiger partial charge in [-0.25, -0.2) is 0 Å². The number of benzene rings is 2. The second-order valence-corrected chi connectivity index (χ2v) is 6.95. The van der Waals surface area contributed by atoms with Gasteiger partial charge in [0.25, 0.3) is 5.91 Å². The van der Waals surface area contributed by atoms with E-state index < -0.39 is 0 Å². The van der Waals surface area contributed by atoms with Gasteiger partial charge in [0.1, 0.15) is 17.2 Å². The molecular weight excluding hydrogens is 402 g/mol. The minimum absolute atomic E-state index is 0. The van der Waals surface area contributed by atoms with Crippen LogP contribution in [0.2, 0.25) is 0 Å². The molecule has 0 aliphatic carbocycles. The van der Waals surface area contributed by atoms with E-state index in [2.05, 4.69) is 4.90 Å². The fourth-order valence-electron chi connectivity index (χ4n) is 3.67. The quantitative estimate of drug-likeness (QED) is 0.620. The summed E-state index contributed by atoms with van der Waals surface area (Å²) in [6, 6.07) is 19.6. The molecule has 3 aromatic rings. The van der Waals surface area contributed by atoms with E-state index in [0.717, 1.165) is 36.0 Å². The third kappa shape index (κ3) is 4.39. The Morgan fingerprint density at radius 2 is 1.43 bits per heavy atom. The summed E-state index contributed by atoms with van der Waals surface area (Å²) in [4.78, 5) is 17.3. The Balaban J connectivity index is 0.00000256. The lowest BCUT2D eigenvalue weighted by Crippen LogP contribution is -2.49. The molecule has 0 atom stereocenters. The van der Waals surface area contributed by atoms with Crippen LogP contribution in [0.5, 0.6) is 11.5 Å². The zero-order valence-electron chi connectivity index (χ0n) is 17.2. The van der Waals surface area contributed by atoms with Crippen molar-refractivity contribution >= 4 is 24.0 Å². The van der Waals surface area contributed by atoms with Crippen LogP contribution in [0.15, 0.2) is 66.9 Å². The Hall–Kier alpha value is -3.12. The van der Waals surface area contributed by atoms with E-state index in [1.807, 2.05) is 76.3 Å². The number of hydrogen-bond acceptors (Lipinski definition) is 4. The van der Waals surface area contributed by atoms with E-state index in [0.29, 0.717) is 18.8 Å². The fourth-order valence-corrected chi connectivity index (χ4v) is 3.67. The highest BCUT2D eigenvalue weighted by Gasteiger charge is 2.25. The topological polar surface area (TPSA) is 46.9 Å². The predicted molar refractivity (Wildman–Crippen MR) is 121 cm³/mol. The standard InChI is InChI=1S/C23H25N3O3.ClH/c1-28-20-15-19(16-21(17-20)29-2)24-11-13-25(14-12-24)23(27)22-9-6-10-26(22)18-7-4-3-5-8-18;/h3-10,15-17H,11-14H2,1-2H3;1H. The molecule has 2 heterocycles. The zero-order valence-corrected chi connectivity index (χ0v) is 18.0. The van der Waals surface area contributed by atoms with Gasteiger partial charge in [-0.15, -0.1) is 12.4 Å². The number of halogens is 1. The molecule has 0 N–H and O–H groups in total. The maximum Gasteiger partial charge on any atom is 0.270 e. The lowest BCUT2D eigenvalue weighted by Gasteiger charge is -2.36. The Morgan fingerprint density at radius 3 is 2.03 bits per heavy atom. The minimum atomic E-state index is 0. The van der Waals surface area contributed by atoms with Crippen molar-refractivity contribution in [2.45, 2.75) is 0 Å². The molecule has 0 spiro atoms. The first-order valence-corrected chi connectivity index (χ1v) is 9.69. The summed E-state index contributed by atoms with van der Waals surface area (Å²) in [5.41, 5.74) is 2.72. The number of rotatable bonds is 5. The van der Waals surface area contributed by atoms with Crippen LogP contribution in [0, 0.1) is 0 Å². The smallest absolute Gasteiger partial charge is 0.270 e. The Labute approximate surface area is 183 Å². The van der Waals surface area contributed by atoms with Crippen molar-refractivity contribution < 1.29 is 14.3 Å². The van der Waals surface area contributed by atoms with Crippen molar-refractivity contribution in [3.05, 3.63) is 72.6 Å². The molecule has 0 saturated carbocycles. The fraction of sp³-hybridized carbons (Fsp3) is 0.261. The van der Waals surface area contributed by atoms with Gasteiger partial charge < -0.3 is 23.8 Å². The highest BCUT2D eigenvalue weighted by atomic mass is 35.5. The first-order chi connectivity index (χ1) is 14.2. The monoisotopic (exact) mass is 427 g/mol. The third-order valence-electron chi connectivity index (χ3n) is 5.27. The van der Waals surface area contributed by atoms with E-state index in [-0.39, 0.29) is 18.3 Å². The Morgan fingerprint density at radius 1 is 0.800 bits per heavy atom. The number of carbonyl (C=O) groups excluding carboxylic acids is 1. The Bertz CT molecular complexity index is 960. The van der Waals surface area contributed by atoms with Crippen molar-refractivity contribution in [1.29, 1.82) is 0 Å². The number of anilines is 1. The second-order valence-electron chi connectivity index (χ2n) is 6.95. The van der Waals surface area contributed by atoms with E-state index in [1.54, 1.807) is 14.2 Å². The lowest BCUT2D eigenvalue weighted by molar-refractivity contribution is 0.0738. The molecule has 7 heteroatoms. The second kappa shape index (κ2) is 9.59. The van der Waals surface area contributed by atoms with Crippen molar-refractivity contribution in [2.24, 2.45) is 0 Å². The molecule has 0 bridgehead atoms. The van der Waals surface area contributed by atoms with Gasteiger partial charge in [0.2, 0.25) is 0 Å². The average Bonchev–Trinajstić information content (AvgIpc) is 3.29. The molecule has 1 amide bonds. The minimum Gasteiger partial charge on any atom is -0.497 e. The van der Waals surface area contributed by atoms with Gasteiger partial charge in [0, 0.05) is 61.9 Å².